The molecule has 0 atom stereocenters. The van der Waals surface area contributed by atoms with E-state index in [0.29, 0.717) is 49.0 Å². The molecule has 1 aromatic heterocycles. The Morgan fingerprint density at radius 3 is 3.00 bits per heavy atom. The SMILES string of the molecule is OCCCOc1cccc2c1N=C(/C=C(\O)c1cccnc1)N1CCN=C21. The predicted molar refractivity (Wildman–Crippen MR) is 104 cm³/mol. The monoisotopic (exact) mass is 364 g/mol. The number of aliphatic hydroxyl groups excluding tert-OH is 2. The Balaban J connectivity index is 1.74. The molecule has 0 radical (unpaired) electrons. The largest absolute Gasteiger partial charge is 0.507 e. The molecule has 2 aromatic rings. The Hall–Kier alpha value is -3.19. The zero-order chi connectivity index (χ0) is 18.6. The number of rotatable bonds is 6. The molecule has 7 heteroatoms. The molecule has 2 aliphatic heterocycles. The number of nitrogens with zero attached hydrogens (tertiary/aromatic N) is 4. The first-order chi connectivity index (χ1) is 13.3. The van der Waals surface area contributed by atoms with Crippen LogP contribution in [0.3, 0.4) is 0 Å². The van der Waals surface area contributed by atoms with E-state index >= 15 is 0 Å². The quantitative estimate of drug-likeness (QED) is 0.607. The van der Waals surface area contributed by atoms with Gasteiger partial charge in [-0.05, 0) is 24.3 Å². The molecule has 0 amide bonds. The first-order valence-corrected chi connectivity index (χ1v) is 8.86. The normalized spacial score (nSPS) is 15.7. The lowest BCUT2D eigenvalue weighted by atomic mass is 10.1. The Kier molecular flexibility index (Phi) is 4.84. The fourth-order valence-corrected chi connectivity index (χ4v) is 3.09. The molecule has 2 N–H and O–H groups in total. The maximum Gasteiger partial charge on any atom is 0.145 e. The highest BCUT2D eigenvalue weighted by Gasteiger charge is 2.30. The molecule has 0 unspecified atom stereocenters. The molecule has 0 bridgehead atoms. The number of para-hydroxylation sites is 1. The van der Waals surface area contributed by atoms with Crippen molar-refractivity contribution in [3.8, 4) is 5.75 Å². The minimum Gasteiger partial charge on any atom is -0.507 e. The number of aromatic nitrogens is 1. The van der Waals surface area contributed by atoms with Crippen molar-refractivity contribution in [1.82, 2.24) is 9.88 Å². The van der Waals surface area contributed by atoms with Crippen LogP contribution in [-0.4, -0.2) is 58.1 Å². The molecule has 0 saturated heterocycles. The molecule has 4 rings (SSSR count). The van der Waals surface area contributed by atoms with Crippen molar-refractivity contribution in [2.45, 2.75) is 6.42 Å². The molecule has 7 nitrogen and oxygen atoms in total. The third-order valence-electron chi connectivity index (χ3n) is 4.37. The van der Waals surface area contributed by atoms with E-state index in [1.54, 1.807) is 30.6 Å². The minimum atomic E-state index is 0.0751. The van der Waals surface area contributed by atoms with Crippen LogP contribution in [0.2, 0.25) is 0 Å². The van der Waals surface area contributed by atoms with Crippen LogP contribution < -0.4 is 4.74 Å². The molecule has 0 fully saturated rings. The van der Waals surface area contributed by atoms with E-state index in [-0.39, 0.29) is 12.4 Å². The maximum atomic E-state index is 10.5. The number of fused-ring (bicyclic) bond motifs is 3. The second-order valence-electron chi connectivity index (χ2n) is 6.18. The van der Waals surface area contributed by atoms with E-state index in [2.05, 4.69) is 9.98 Å². The Morgan fingerprint density at radius 1 is 1.26 bits per heavy atom. The predicted octanol–water partition coefficient (Wildman–Crippen LogP) is 2.55. The van der Waals surface area contributed by atoms with Crippen LogP contribution in [0, 0.1) is 0 Å². The van der Waals surface area contributed by atoms with Gasteiger partial charge in [0.25, 0.3) is 0 Å². The van der Waals surface area contributed by atoms with E-state index in [4.69, 9.17) is 14.8 Å². The van der Waals surface area contributed by atoms with E-state index in [1.807, 2.05) is 23.1 Å². The van der Waals surface area contributed by atoms with Crippen LogP contribution in [0.5, 0.6) is 5.75 Å². The Labute approximate surface area is 157 Å². The number of aliphatic hydroxyl groups is 2. The van der Waals surface area contributed by atoms with Gasteiger partial charge in [-0.25, -0.2) is 4.99 Å². The highest BCUT2D eigenvalue weighted by Crippen LogP contribution is 2.37. The Bertz CT molecular complexity index is 922. The molecule has 1 aromatic carbocycles. The van der Waals surface area contributed by atoms with Crippen molar-refractivity contribution in [3.05, 3.63) is 59.9 Å². The Morgan fingerprint density at radius 2 is 2.19 bits per heavy atom. The smallest absolute Gasteiger partial charge is 0.145 e. The summed E-state index contributed by atoms with van der Waals surface area (Å²) < 4.78 is 5.80. The van der Waals surface area contributed by atoms with Crippen molar-refractivity contribution in [2.24, 2.45) is 9.98 Å². The number of hydrogen-bond donors (Lipinski definition) is 2. The van der Waals surface area contributed by atoms with Gasteiger partial charge in [-0.2, -0.15) is 0 Å². The van der Waals surface area contributed by atoms with Crippen LogP contribution in [0.25, 0.3) is 5.76 Å². The third-order valence-corrected chi connectivity index (χ3v) is 4.37. The average Bonchev–Trinajstić information content (AvgIpc) is 3.20. The van der Waals surface area contributed by atoms with Crippen molar-refractivity contribution in [2.75, 3.05) is 26.3 Å². The molecule has 3 heterocycles. The molecular formula is C20H20N4O3. The van der Waals surface area contributed by atoms with Gasteiger partial charge in [0, 0.05) is 49.2 Å². The summed E-state index contributed by atoms with van der Waals surface area (Å²) in [5.41, 5.74) is 2.22. The standard InChI is InChI=1S/C20H20N4O3/c25-10-3-11-27-17-6-1-5-15-19(17)23-18(24-9-8-22-20(15)24)12-16(26)14-4-2-7-21-13-14/h1-2,4-7,12-13,25-26H,3,8-11H2/b16-12-. The lowest BCUT2D eigenvalue weighted by molar-refractivity contribution is 0.234. The summed E-state index contributed by atoms with van der Waals surface area (Å²) in [5.74, 6) is 2.17. The number of aliphatic imine (C=N–C) groups is 2. The van der Waals surface area contributed by atoms with E-state index in [9.17, 15) is 5.11 Å². The number of ether oxygens (including phenoxy) is 1. The van der Waals surface area contributed by atoms with Gasteiger partial charge in [-0.15, -0.1) is 0 Å². The number of pyridine rings is 1. The number of benzene rings is 1. The van der Waals surface area contributed by atoms with Crippen LogP contribution >= 0.6 is 0 Å². The van der Waals surface area contributed by atoms with E-state index < -0.39 is 0 Å². The molecule has 27 heavy (non-hydrogen) atoms. The first kappa shape index (κ1) is 17.2. The van der Waals surface area contributed by atoms with Gasteiger partial charge >= 0.3 is 0 Å². The lowest BCUT2D eigenvalue weighted by Crippen LogP contribution is -2.36. The molecule has 2 aliphatic rings. The van der Waals surface area contributed by atoms with Gasteiger partial charge in [0.15, 0.2) is 0 Å². The zero-order valence-electron chi connectivity index (χ0n) is 14.7. The summed E-state index contributed by atoms with van der Waals surface area (Å²) in [7, 11) is 0. The highest BCUT2D eigenvalue weighted by molar-refractivity contribution is 6.20. The van der Waals surface area contributed by atoms with Gasteiger partial charge in [0.2, 0.25) is 0 Å². The fourth-order valence-electron chi connectivity index (χ4n) is 3.09. The summed E-state index contributed by atoms with van der Waals surface area (Å²) in [5, 5.41) is 19.5. The molecule has 0 saturated carbocycles. The zero-order valence-corrected chi connectivity index (χ0v) is 14.7. The van der Waals surface area contributed by atoms with Gasteiger partial charge in [0.05, 0.1) is 13.2 Å². The van der Waals surface area contributed by atoms with Crippen molar-refractivity contribution in [3.63, 3.8) is 0 Å². The molecular weight excluding hydrogens is 344 g/mol. The molecule has 0 spiro atoms. The second kappa shape index (κ2) is 7.59. The average molecular weight is 364 g/mol. The number of hydrogen-bond acceptors (Lipinski definition) is 7. The van der Waals surface area contributed by atoms with E-state index in [1.165, 1.54) is 0 Å². The summed E-state index contributed by atoms with van der Waals surface area (Å²) >= 11 is 0. The summed E-state index contributed by atoms with van der Waals surface area (Å²) in [6, 6.07) is 9.30. The van der Waals surface area contributed by atoms with Crippen molar-refractivity contribution >= 4 is 23.1 Å². The van der Waals surface area contributed by atoms with Gasteiger partial charge < -0.3 is 19.8 Å². The minimum absolute atomic E-state index is 0.0751. The second-order valence-corrected chi connectivity index (χ2v) is 6.18. The summed E-state index contributed by atoms with van der Waals surface area (Å²) in [4.78, 5) is 15.4. The van der Waals surface area contributed by atoms with Crippen LogP contribution in [0.4, 0.5) is 5.69 Å². The molecule has 138 valence electrons. The first-order valence-electron chi connectivity index (χ1n) is 8.86. The summed E-state index contributed by atoms with van der Waals surface area (Å²) in [6.45, 7) is 1.86. The lowest BCUT2D eigenvalue weighted by Gasteiger charge is -2.27. The topological polar surface area (TPSA) is 90.5 Å². The molecule has 0 aliphatic carbocycles. The van der Waals surface area contributed by atoms with Crippen LogP contribution in [0.15, 0.2) is 58.8 Å². The van der Waals surface area contributed by atoms with Crippen molar-refractivity contribution < 1.29 is 14.9 Å². The van der Waals surface area contributed by atoms with Crippen LogP contribution in [0.1, 0.15) is 17.5 Å². The van der Waals surface area contributed by atoms with Crippen LogP contribution in [-0.2, 0) is 0 Å². The summed E-state index contributed by atoms with van der Waals surface area (Å²) in [6.07, 6.45) is 5.44. The fraction of sp³-hybridized carbons (Fsp3) is 0.250. The van der Waals surface area contributed by atoms with Gasteiger partial charge in [-0.3, -0.25) is 9.98 Å². The van der Waals surface area contributed by atoms with Gasteiger partial charge in [0.1, 0.15) is 28.9 Å². The van der Waals surface area contributed by atoms with E-state index in [0.717, 1.165) is 11.4 Å². The third kappa shape index (κ3) is 3.41. The number of amidine groups is 2. The van der Waals surface area contributed by atoms with Gasteiger partial charge in [-0.1, -0.05) is 6.07 Å². The maximum absolute atomic E-state index is 10.5. The highest BCUT2D eigenvalue weighted by atomic mass is 16.5. The van der Waals surface area contributed by atoms with Crippen molar-refractivity contribution in [1.29, 1.82) is 0 Å².